The van der Waals surface area contributed by atoms with E-state index >= 15 is 0 Å². The lowest BCUT2D eigenvalue weighted by Crippen LogP contribution is -1.97. The normalized spacial score (nSPS) is 10.4. The Morgan fingerprint density at radius 3 is 2.12 bits per heavy atom. The van der Waals surface area contributed by atoms with Crippen LogP contribution in [0.2, 0.25) is 0 Å². The van der Waals surface area contributed by atoms with Crippen molar-refractivity contribution in [1.29, 1.82) is 0 Å². The predicted molar refractivity (Wildman–Crippen MR) is 70.3 cm³/mol. The summed E-state index contributed by atoms with van der Waals surface area (Å²) in [6.45, 7) is 4.43. The van der Waals surface area contributed by atoms with Gasteiger partial charge in [-0.2, -0.15) is 0 Å². The highest BCUT2D eigenvalue weighted by Crippen LogP contribution is 2.26. The van der Waals surface area contributed by atoms with Crippen LogP contribution in [0.4, 0.5) is 11.4 Å². The highest BCUT2D eigenvalue weighted by Gasteiger charge is 2.05. The first-order chi connectivity index (χ1) is 7.77. The minimum Gasteiger partial charge on any atom is -0.355 e. The van der Waals surface area contributed by atoms with E-state index in [1.807, 2.05) is 18.2 Å². The van der Waals surface area contributed by atoms with Crippen LogP contribution in [0.1, 0.15) is 25.3 Å². The number of para-hydroxylation sites is 2. The maximum Gasteiger partial charge on any atom is 0.0419 e. The SMILES string of the molecule is CC(C)c1ccccc1Nc1ccccc1. The highest BCUT2D eigenvalue weighted by atomic mass is 14.9. The van der Waals surface area contributed by atoms with Crippen molar-refractivity contribution in [2.45, 2.75) is 19.8 Å². The second kappa shape index (κ2) is 4.84. The quantitative estimate of drug-likeness (QED) is 0.785. The van der Waals surface area contributed by atoms with Crippen molar-refractivity contribution in [1.82, 2.24) is 0 Å². The Morgan fingerprint density at radius 1 is 0.812 bits per heavy atom. The van der Waals surface area contributed by atoms with Crippen LogP contribution >= 0.6 is 0 Å². The number of hydrogen-bond donors (Lipinski definition) is 1. The fourth-order valence-electron chi connectivity index (χ4n) is 1.79. The summed E-state index contributed by atoms with van der Waals surface area (Å²) < 4.78 is 0. The van der Waals surface area contributed by atoms with E-state index in [1.54, 1.807) is 0 Å². The molecule has 2 aromatic carbocycles. The Hall–Kier alpha value is -1.76. The molecule has 82 valence electrons. The van der Waals surface area contributed by atoms with Gasteiger partial charge in [0.15, 0.2) is 0 Å². The van der Waals surface area contributed by atoms with Gasteiger partial charge in [-0.1, -0.05) is 50.2 Å². The molecule has 0 heterocycles. The molecule has 2 rings (SSSR count). The zero-order valence-electron chi connectivity index (χ0n) is 9.77. The van der Waals surface area contributed by atoms with E-state index in [1.165, 1.54) is 11.3 Å². The molecule has 0 fully saturated rings. The Bertz CT molecular complexity index is 446. The van der Waals surface area contributed by atoms with Crippen molar-refractivity contribution in [2.75, 3.05) is 5.32 Å². The van der Waals surface area contributed by atoms with Crippen LogP contribution in [0.3, 0.4) is 0 Å². The summed E-state index contributed by atoms with van der Waals surface area (Å²) in [4.78, 5) is 0. The summed E-state index contributed by atoms with van der Waals surface area (Å²) in [5.41, 5.74) is 3.69. The van der Waals surface area contributed by atoms with Crippen LogP contribution in [0, 0.1) is 0 Å². The third kappa shape index (κ3) is 2.43. The summed E-state index contributed by atoms with van der Waals surface area (Å²) >= 11 is 0. The molecule has 1 nitrogen and oxygen atoms in total. The summed E-state index contributed by atoms with van der Waals surface area (Å²) in [5, 5.41) is 3.45. The molecule has 0 aliphatic carbocycles. The van der Waals surface area contributed by atoms with Gasteiger partial charge in [0.1, 0.15) is 0 Å². The Balaban J connectivity index is 2.28. The van der Waals surface area contributed by atoms with Gasteiger partial charge >= 0.3 is 0 Å². The van der Waals surface area contributed by atoms with Crippen molar-refractivity contribution >= 4 is 11.4 Å². The third-order valence-corrected chi connectivity index (χ3v) is 2.64. The molecular formula is C15H17N. The molecule has 16 heavy (non-hydrogen) atoms. The molecule has 1 heteroatoms. The molecule has 0 atom stereocenters. The monoisotopic (exact) mass is 211 g/mol. The fourth-order valence-corrected chi connectivity index (χ4v) is 1.79. The molecule has 0 amide bonds. The molecule has 0 aromatic heterocycles. The van der Waals surface area contributed by atoms with Gasteiger partial charge in [-0.05, 0) is 29.7 Å². The molecule has 1 N–H and O–H groups in total. The zero-order chi connectivity index (χ0) is 11.4. The van der Waals surface area contributed by atoms with Crippen LogP contribution < -0.4 is 5.32 Å². The molecule has 0 bridgehead atoms. The van der Waals surface area contributed by atoms with Gasteiger partial charge in [-0.25, -0.2) is 0 Å². The van der Waals surface area contributed by atoms with Gasteiger partial charge in [0.25, 0.3) is 0 Å². The third-order valence-electron chi connectivity index (χ3n) is 2.64. The van der Waals surface area contributed by atoms with Gasteiger partial charge in [0.2, 0.25) is 0 Å². The molecule has 0 unspecified atom stereocenters. The van der Waals surface area contributed by atoms with Crippen molar-refractivity contribution in [3.05, 3.63) is 60.2 Å². The van der Waals surface area contributed by atoms with E-state index in [0.717, 1.165) is 5.69 Å². The minimum atomic E-state index is 0.535. The van der Waals surface area contributed by atoms with E-state index in [0.29, 0.717) is 5.92 Å². The van der Waals surface area contributed by atoms with Crippen LogP contribution in [-0.2, 0) is 0 Å². The number of rotatable bonds is 3. The number of hydrogen-bond acceptors (Lipinski definition) is 1. The average Bonchev–Trinajstić information content (AvgIpc) is 2.31. The van der Waals surface area contributed by atoms with Crippen molar-refractivity contribution in [2.24, 2.45) is 0 Å². The van der Waals surface area contributed by atoms with Crippen LogP contribution in [-0.4, -0.2) is 0 Å². The van der Waals surface area contributed by atoms with Gasteiger partial charge in [-0.15, -0.1) is 0 Å². The lowest BCUT2D eigenvalue weighted by Gasteiger charge is -2.14. The molecular weight excluding hydrogens is 194 g/mol. The zero-order valence-corrected chi connectivity index (χ0v) is 9.77. The van der Waals surface area contributed by atoms with Crippen molar-refractivity contribution in [3.8, 4) is 0 Å². The number of anilines is 2. The van der Waals surface area contributed by atoms with Gasteiger partial charge in [0.05, 0.1) is 0 Å². The van der Waals surface area contributed by atoms with Crippen molar-refractivity contribution in [3.63, 3.8) is 0 Å². The Kier molecular flexibility index (Phi) is 3.25. The molecule has 0 saturated heterocycles. The molecule has 0 radical (unpaired) electrons. The fraction of sp³-hybridized carbons (Fsp3) is 0.200. The predicted octanol–water partition coefficient (Wildman–Crippen LogP) is 4.55. The lowest BCUT2D eigenvalue weighted by molar-refractivity contribution is 0.869. The Morgan fingerprint density at radius 2 is 1.44 bits per heavy atom. The van der Waals surface area contributed by atoms with E-state index < -0.39 is 0 Å². The second-order valence-corrected chi connectivity index (χ2v) is 4.23. The summed E-state index contributed by atoms with van der Waals surface area (Å²) in [6.07, 6.45) is 0. The lowest BCUT2D eigenvalue weighted by atomic mass is 10.0. The first kappa shape index (κ1) is 10.7. The average molecular weight is 211 g/mol. The maximum absolute atomic E-state index is 3.45. The van der Waals surface area contributed by atoms with E-state index in [-0.39, 0.29) is 0 Å². The summed E-state index contributed by atoms with van der Waals surface area (Å²) in [7, 11) is 0. The molecule has 0 spiro atoms. The first-order valence-electron chi connectivity index (χ1n) is 5.68. The minimum absolute atomic E-state index is 0.535. The standard InChI is InChI=1S/C15H17N/c1-12(2)14-10-6-7-11-15(14)16-13-8-4-3-5-9-13/h3-12,16H,1-2H3. The smallest absolute Gasteiger partial charge is 0.0419 e. The summed E-state index contributed by atoms with van der Waals surface area (Å²) in [6, 6.07) is 18.7. The molecule has 2 aromatic rings. The van der Waals surface area contributed by atoms with Gasteiger partial charge < -0.3 is 5.32 Å². The van der Waals surface area contributed by atoms with E-state index in [2.05, 4.69) is 55.6 Å². The number of nitrogens with one attached hydrogen (secondary N) is 1. The van der Waals surface area contributed by atoms with Crippen molar-refractivity contribution < 1.29 is 0 Å². The number of benzene rings is 2. The highest BCUT2D eigenvalue weighted by molar-refractivity contribution is 5.63. The van der Waals surface area contributed by atoms with Crippen LogP contribution in [0.25, 0.3) is 0 Å². The first-order valence-corrected chi connectivity index (χ1v) is 5.68. The topological polar surface area (TPSA) is 12.0 Å². The molecule has 0 saturated carbocycles. The van der Waals surface area contributed by atoms with Crippen LogP contribution in [0.5, 0.6) is 0 Å². The molecule has 0 aliphatic rings. The van der Waals surface area contributed by atoms with E-state index in [9.17, 15) is 0 Å². The second-order valence-electron chi connectivity index (χ2n) is 4.23. The summed E-state index contributed by atoms with van der Waals surface area (Å²) in [5.74, 6) is 0.535. The van der Waals surface area contributed by atoms with Gasteiger partial charge in [0, 0.05) is 11.4 Å². The van der Waals surface area contributed by atoms with Crippen LogP contribution in [0.15, 0.2) is 54.6 Å². The maximum atomic E-state index is 3.45. The molecule has 0 aliphatic heterocycles. The van der Waals surface area contributed by atoms with E-state index in [4.69, 9.17) is 0 Å². The van der Waals surface area contributed by atoms with Gasteiger partial charge in [-0.3, -0.25) is 0 Å². The Labute approximate surface area is 97.1 Å². The largest absolute Gasteiger partial charge is 0.355 e.